The number of nitrogens with one attached hydrogen (secondary N) is 2. The number of carbonyl (C=O) groups excluding carboxylic acids is 1. The lowest BCUT2D eigenvalue weighted by atomic mass is 10.2. The summed E-state index contributed by atoms with van der Waals surface area (Å²) in [5.41, 5.74) is 0.946. The van der Waals surface area contributed by atoms with Crippen LogP contribution in [0, 0.1) is 0 Å². The number of carbonyl (C=O) groups is 1. The summed E-state index contributed by atoms with van der Waals surface area (Å²) in [5, 5.41) is 5.17. The Labute approximate surface area is 108 Å². The lowest BCUT2D eigenvalue weighted by molar-refractivity contribution is 0.242. The highest BCUT2D eigenvalue weighted by molar-refractivity contribution is 5.73. The maximum absolute atomic E-state index is 11.0. The Hall–Kier alpha value is -1.91. The molecule has 1 aromatic rings. The van der Waals surface area contributed by atoms with Crippen molar-refractivity contribution in [2.45, 2.75) is 20.4 Å². The van der Waals surface area contributed by atoms with E-state index in [0.717, 1.165) is 5.56 Å². The molecule has 2 N–H and O–H groups in total. The summed E-state index contributed by atoms with van der Waals surface area (Å²) in [4.78, 5) is 11.0. The van der Waals surface area contributed by atoms with E-state index in [1.54, 1.807) is 27.3 Å². The van der Waals surface area contributed by atoms with E-state index in [2.05, 4.69) is 10.6 Å². The minimum absolute atomic E-state index is 0.213. The van der Waals surface area contributed by atoms with Crippen molar-refractivity contribution in [3.8, 4) is 11.5 Å². The quantitative estimate of drug-likeness (QED) is 0.865. The van der Waals surface area contributed by atoms with E-state index in [1.165, 1.54) is 0 Å². The third-order valence-electron chi connectivity index (χ3n) is 2.13. The Morgan fingerprint density at radius 1 is 1.17 bits per heavy atom. The molecule has 0 saturated carbocycles. The van der Waals surface area contributed by atoms with Crippen LogP contribution in [-0.4, -0.2) is 27.3 Å². The van der Waals surface area contributed by atoms with Crippen molar-refractivity contribution in [2.75, 3.05) is 21.3 Å². The molecule has 5 nitrogen and oxygen atoms in total. The highest BCUT2D eigenvalue weighted by Gasteiger charge is 2.04. The van der Waals surface area contributed by atoms with Gasteiger partial charge in [-0.15, -0.1) is 0 Å². The number of amides is 2. The second-order valence-corrected chi connectivity index (χ2v) is 3.12. The molecule has 2 amide bonds. The summed E-state index contributed by atoms with van der Waals surface area (Å²) in [6, 6.07) is 5.29. The fraction of sp³-hybridized carbons (Fsp3) is 0.462. The van der Waals surface area contributed by atoms with Gasteiger partial charge in [0, 0.05) is 13.6 Å². The van der Waals surface area contributed by atoms with Gasteiger partial charge < -0.3 is 20.1 Å². The highest BCUT2D eigenvalue weighted by atomic mass is 16.5. The van der Waals surface area contributed by atoms with Crippen LogP contribution in [0.2, 0.25) is 0 Å². The topological polar surface area (TPSA) is 59.6 Å². The molecule has 18 heavy (non-hydrogen) atoms. The standard InChI is InChI=1S/C11H16N2O3.C2H6/c1-12-11(14)13-7-8-4-5-9(15-2)10(6-8)16-3;1-2/h4-6H,7H2,1-3H3,(H2,12,13,14);1-2H3. The molecule has 0 spiro atoms. The van der Waals surface area contributed by atoms with Crippen molar-refractivity contribution in [3.63, 3.8) is 0 Å². The van der Waals surface area contributed by atoms with Crippen molar-refractivity contribution in [1.29, 1.82) is 0 Å². The maximum atomic E-state index is 11.0. The number of benzene rings is 1. The summed E-state index contributed by atoms with van der Waals surface area (Å²) in [6.45, 7) is 4.44. The molecule has 0 heterocycles. The van der Waals surface area contributed by atoms with Gasteiger partial charge in [-0.25, -0.2) is 4.79 Å². The maximum Gasteiger partial charge on any atom is 0.314 e. The Kier molecular flexibility index (Phi) is 8.18. The van der Waals surface area contributed by atoms with Gasteiger partial charge in [0.25, 0.3) is 0 Å². The minimum Gasteiger partial charge on any atom is -0.493 e. The fourth-order valence-electron chi connectivity index (χ4n) is 1.26. The fourth-order valence-corrected chi connectivity index (χ4v) is 1.26. The molecule has 0 aliphatic carbocycles. The molecular formula is C13H22N2O3. The molecule has 0 atom stereocenters. The zero-order valence-corrected chi connectivity index (χ0v) is 11.7. The summed E-state index contributed by atoms with van der Waals surface area (Å²) in [5.74, 6) is 1.32. The van der Waals surface area contributed by atoms with Crippen LogP contribution >= 0.6 is 0 Å². The third-order valence-corrected chi connectivity index (χ3v) is 2.13. The van der Waals surface area contributed by atoms with Crippen molar-refractivity contribution in [1.82, 2.24) is 10.6 Å². The number of urea groups is 1. The molecule has 0 radical (unpaired) electrons. The lowest BCUT2D eigenvalue weighted by Gasteiger charge is -2.10. The first-order valence-corrected chi connectivity index (χ1v) is 5.87. The molecule has 0 aliphatic heterocycles. The van der Waals surface area contributed by atoms with Gasteiger partial charge in [0.05, 0.1) is 14.2 Å². The van der Waals surface area contributed by atoms with Crippen LogP contribution in [0.25, 0.3) is 0 Å². The van der Waals surface area contributed by atoms with E-state index in [-0.39, 0.29) is 6.03 Å². The van der Waals surface area contributed by atoms with Gasteiger partial charge in [-0.2, -0.15) is 0 Å². The molecule has 5 heteroatoms. The smallest absolute Gasteiger partial charge is 0.314 e. The Morgan fingerprint density at radius 2 is 1.78 bits per heavy atom. The summed E-state index contributed by atoms with van der Waals surface area (Å²) in [6.07, 6.45) is 0. The summed E-state index contributed by atoms with van der Waals surface area (Å²) >= 11 is 0. The number of hydrogen-bond donors (Lipinski definition) is 2. The minimum atomic E-state index is -0.213. The normalized spacial score (nSPS) is 8.72. The van der Waals surface area contributed by atoms with Crippen molar-refractivity contribution < 1.29 is 14.3 Å². The number of rotatable bonds is 4. The molecule has 0 fully saturated rings. The molecule has 0 saturated heterocycles. The van der Waals surface area contributed by atoms with E-state index in [1.807, 2.05) is 26.0 Å². The first-order chi connectivity index (χ1) is 8.71. The van der Waals surface area contributed by atoms with E-state index in [9.17, 15) is 4.79 Å². The van der Waals surface area contributed by atoms with Crippen LogP contribution in [0.15, 0.2) is 18.2 Å². The van der Waals surface area contributed by atoms with Crippen LogP contribution < -0.4 is 20.1 Å². The zero-order chi connectivity index (χ0) is 14.0. The Balaban J connectivity index is 0.00000137. The molecule has 102 valence electrons. The van der Waals surface area contributed by atoms with Gasteiger partial charge in [-0.05, 0) is 17.7 Å². The predicted octanol–water partition coefficient (Wildman–Crippen LogP) is 2.16. The second kappa shape index (κ2) is 9.15. The van der Waals surface area contributed by atoms with Crippen LogP contribution in [0.4, 0.5) is 4.79 Å². The summed E-state index contributed by atoms with van der Waals surface area (Å²) in [7, 11) is 4.73. The SMILES string of the molecule is CC.CNC(=O)NCc1ccc(OC)c(OC)c1. The molecule has 1 rings (SSSR count). The van der Waals surface area contributed by atoms with E-state index in [4.69, 9.17) is 9.47 Å². The van der Waals surface area contributed by atoms with Gasteiger partial charge in [0.1, 0.15) is 0 Å². The predicted molar refractivity (Wildman–Crippen MR) is 72.2 cm³/mol. The van der Waals surface area contributed by atoms with E-state index in [0.29, 0.717) is 18.0 Å². The average Bonchev–Trinajstić information content (AvgIpc) is 2.46. The first kappa shape index (κ1) is 16.1. The van der Waals surface area contributed by atoms with Crippen molar-refractivity contribution in [2.24, 2.45) is 0 Å². The van der Waals surface area contributed by atoms with E-state index >= 15 is 0 Å². The van der Waals surface area contributed by atoms with Gasteiger partial charge >= 0.3 is 6.03 Å². The number of hydrogen-bond acceptors (Lipinski definition) is 3. The largest absolute Gasteiger partial charge is 0.493 e. The molecule has 0 unspecified atom stereocenters. The lowest BCUT2D eigenvalue weighted by Crippen LogP contribution is -2.32. The van der Waals surface area contributed by atoms with Crippen LogP contribution in [-0.2, 0) is 6.54 Å². The summed E-state index contributed by atoms with van der Waals surface area (Å²) < 4.78 is 10.3. The second-order valence-electron chi connectivity index (χ2n) is 3.12. The van der Waals surface area contributed by atoms with Crippen molar-refractivity contribution >= 4 is 6.03 Å². The Bertz CT molecular complexity index is 367. The van der Waals surface area contributed by atoms with Crippen LogP contribution in [0.5, 0.6) is 11.5 Å². The molecule has 0 bridgehead atoms. The van der Waals surface area contributed by atoms with Gasteiger partial charge in [-0.1, -0.05) is 19.9 Å². The van der Waals surface area contributed by atoms with Crippen LogP contribution in [0.1, 0.15) is 19.4 Å². The third kappa shape index (κ3) is 4.95. The van der Waals surface area contributed by atoms with E-state index < -0.39 is 0 Å². The number of ether oxygens (including phenoxy) is 2. The highest BCUT2D eigenvalue weighted by Crippen LogP contribution is 2.27. The first-order valence-electron chi connectivity index (χ1n) is 5.87. The average molecular weight is 254 g/mol. The molecular weight excluding hydrogens is 232 g/mol. The van der Waals surface area contributed by atoms with Gasteiger partial charge in [0.2, 0.25) is 0 Å². The molecule has 0 aromatic heterocycles. The van der Waals surface area contributed by atoms with Crippen LogP contribution in [0.3, 0.4) is 0 Å². The number of methoxy groups -OCH3 is 2. The monoisotopic (exact) mass is 254 g/mol. The van der Waals surface area contributed by atoms with Crippen molar-refractivity contribution in [3.05, 3.63) is 23.8 Å². The zero-order valence-electron chi connectivity index (χ0n) is 11.7. The molecule has 1 aromatic carbocycles. The van der Waals surface area contributed by atoms with Gasteiger partial charge in [-0.3, -0.25) is 0 Å². The Morgan fingerprint density at radius 3 is 2.28 bits per heavy atom. The molecule has 0 aliphatic rings. The van der Waals surface area contributed by atoms with Gasteiger partial charge in [0.15, 0.2) is 11.5 Å².